The van der Waals surface area contributed by atoms with E-state index in [0.717, 1.165) is 141 Å². The smallest absolute Gasteiger partial charge is 0.214 e. The Labute approximate surface area is 408 Å². The summed E-state index contributed by atoms with van der Waals surface area (Å²) in [4.78, 5) is 40.1. The quantitative estimate of drug-likeness (QED) is 0.00771. The predicted molar refractivity (Wildman–Crippen MR) is 276 cm³/mol. The lowest BCUT2D eigenvalue weighted by Crippen LogP contribution is -2.61. The summed E-state index contributed by atoms with van der Waals surface area (Å²) in [6.07, 6.45) is 42.2. The molecule has 0 aromatic heterocycles. The molecule has 0 aromatic rings. The van der Waals surface area contributed by atoms with Gasteiger partial charge < -0.3 is 35.7 Å². The molecule has 390 valence electrons. The van der Waals surface area contributed by atoms with Crippen LogP contribution in [0, 0.1) is 0 Å². The van der Waals surface area contributed by atoms with Gasteiger partial charge in [0.05, 0.1) is 12.2 Å². The highest BCUT2D eigenvalue weighted by Gasteiger charge is 2.52. The van der Waals surface area contributed by atoms with Crippen LogP contribution >= 0.6 is 0 Å². The third-order valence-electron chi connectivity index (χ3n) is 12.9. The van der Waals surface area contributed by atoms with Crippen LogP contribution in [0.4, 0.5) is 0 Å². The summed E-state index contributed by atoms with van der Waals surface area (Å²) in [7, 11) is 0. The lowest BCUT2D eigenvalue weighted by molar-refractivity contribution is -0.172. The number of aliphatic hydroxyl groups is 7. The normalized spacial score (nSPS) is 15.1. The molecule has 0 spiro atoms. The van der Waals surface area contributed by atoms with Crippen molar-refractivity contribution in [1.82, 2.24) is 0 Å². The van der Waals surface area contributed by atoms with Gasteiger partial charge in [0.25, 0.3) is 0 Å². The molecule has 0 saturated carbocycles. The van der Waals surface area contributed by atoms with Crippen LogP contribution in [0.5, 0.6) is 0 Å². The highest BCUT2D eigenvalue weighted by Crippen LogP contribution is 2.24. The van der Waals surface area contributed by atoms with Crippen LogP contribution in [-0.2, 0) is 14.4 Å². The Morgan fingerprint density at radius 2 is 0.821 bits per heavy atom. The molecule has 0 aliphatic heterocycles. The van der Waals surface area contributed by atoms with Gasteiger partial charge in [0.2, 0.25) is 5.60 Å². The second kappa shape index (κ2) is 46.1. The van der Waals surface area contributed by atoms with Crippen molar-refractivity contribution in [3.05, 3.63) is 48.6 Å². The predicted octanol–water partition coefficient (Wildman–Crippen LogP) is 12.3. The largest absolute Gasteiger partial charge is 0.393 e. The Balaban J connectivity index is 4.99. The van der Waals surface area contributed by atoms with Crippen LogP contribution in [0.3, 0.4) is 0 Å². The monoisotopic (exact) mass is 947 g/mol. The van der Waals surface area contributed by atoms with E-state index in [0.29, 0.717) is 38.5 Å². The first-order valence-corrected chi connectivity index (χ1v) is 27.5. The Morgan fingerprint density at radius 3 is 1.28 bits per heavy atom. The van der Waals surface area contributed by atoms with Gasteiger partial charge in [0.1, 0.15) is 12.2 Å². The van der Waals surface area contributed by atoms with E-state index in [1.807, 2.05) is 12.2 Å². The summed E-state index contributed by atoms with van der Waals surface area (Å²) < 4.78 is 0. The van der Waals surface area contributed by atoms with Gasteiger partial charge in [-0.3, -0.25) is 14.4 Å². The summed E-state index contributed by atoms with van der Waals surface area (Å²) in [6.45, 7) is 4.35. The molecular formula is C57H102O10. The third-order valence-corrected chi connectivity index (χ3v) is 12.9. The second-order valence-corrected chi connectivity index (χ2v) is 19.3. The molecule has 0 saturated heterocycles. The van der Waals surface area contributed by atoms with Gasteiger partial charge in [0.15, 0.2) is 23.6 Å². The number of unbranched alkanes of at least 4 members (excludes halogenated alkanes) is 26. The zero-order valence-corrected chi connectivity index (χ0v) is 42.7. The molecule has 0 radical (unpaired) electrons. The number of hydrogen-bond acceptors (Lipinski definition) is 10. The number of carbonyl (C=O) groups is 3. The maximum atomic E-state index is 13.6. The lowest BCUT2D eigenvalue weighted by Gasteiger charge is -2.31. The Morgan fingerprint density at radius 1 is 0.433 bits per heavy atom. The molecule has 0 aromatic carbocycles. The molecule has 10 nitrogen and oxygen atoms in total. The average molecular weight is 947 g/mol. The molecule has 67 heavy (non-hydrogen) atoms. The number of carbonyl (C=O) groups excluding carboxylic acids is 3. The van der Waals surface area contributed by atoms with E-state index >= 15 is 0 Å². The summed E-state index contributed by atoms with van der Waals surface area (Å²) in [5, 5.41) is 71.9. The van der Waals surface area contributed by atoms with Gasteiger partial charge in [-0.25, -0.2) is 0 Å². The van der Waals surface area contributed by atoms with Crippen molar-refractivity contribution in [3.63, 3.8) is 0 Å². The molecule has 0 bridgehead atoms. The summed E-state index contributed by atoms with van der Waals surface area (Å²) in [5.41, 5.74) is -2.95. The summed E-state index contributed by atoms with van der Waals surface area (Å²) >= 11 is 0. The van der Waals surface area contributed by atoms with Gasteiger partial charge in [-0.1, -0.05) is 198 Å². The van der Waals surface area contributed by atoms with Crippen LogP contribution < -0.4 is 0 Å². The van der Waals surface area contributed by atoms with Gasteiger partial charge >= 0.3 is 0 Å². The first-order chi connectivity index (χ1) is 32.4. The van der Waals surface area contributed by atoms with E-state index in [4.69, 9.17) is 10.2 Å². The molecule has 0 amide bonds. The van der Waals surface area contributed by atoms with E-state index in [1.165, 1.54) is 63.9 Å². The topological polar surface area (TPSA) is 193 Å². The first kappa shape index (κ1) is 64.7. The molecule has 0 aliphatic rings. The number of hydrogen-bond donors (Lipinski definition) is 7. The Kier molecular flexibility index (Phi) is 44.5. The summed E-state index contributed by atoms with van der Waals surface area (Å²) in [5.74, 6) is -2.67. The van der Waals surface area contributed by atoms with E-state index in [1.54, 1.807) is 6.08 Å². The zero-order chi connectivity index (χ0) is 49.6. The van der Waals surface area contributed by atoms with E-state index in [2.05, 4.69) is 32.1 Å². The van der Waals surface area contributed by atoms with Crippen molar-refractivity contribution in [1.29, 1.82) is 0 Å². The molecule has 5 atom stereocenters. The fourth-order valence-corrected chi connectivity index (χ4v) is 8.40. The minimum Gasteiger partial charge on any atom is -0.393 e. The fraction of sp³-hybridized carbons (Fsp3) is 0.807. The first-order valence-electron chi connectivity index (χ1n) is 27.5. The molecule has 0 fully saturated rings. The SMILES string of the molecule is CCCCCC[C@@H](O)C/C=C\CCCCCCCC(=O)C(O)C(O)C(O)(C(=O)C=CC=CCCCCCCCCCCCCC(O)O)C(=O)CCCCCCC/C=C\C[C@H](O)CCCCCC. The van der Waals surface area contributed by atoms with Crippen LogP contribution in [0.1, 0.15) is 258 Å². The standard InChI is InChI=1S/C57H102O10/c1-3-5-7-33-41-49(58)43-35-27-21-17-19-23-29-37-45-51(60)55(65)56(66)57(67,53(62)47-39-31-25-20-18-22-28-36-44-50(59)42-34-8-6-4-2)52(61)46-38-30-24-15-13-11-9-10-12-14-16-26-32-40-48-54(63)64/h24,27-28,30,35-36,38,46,49-50,54-56,58-59,63-67H,3-23,25-26,29,31-34,37,39-45,47-48H2,1-2H3/b30-24?,35-27-,36-28-,46-38?/t49-,50-,55?,56?,57?/m1/s1. The van der Waals surface area contributed by atoms with Crippen molar-refractivity contribution in [2.45, 2.75) is 294 Å². The lowest BCUT2D eigenvalue weighted by atomic mass is 9.80. The van der Waals surface area contributed by atoms with Gasteiger partial charge in [-0.15, -0.1) is 0 Å². The van der Waals surface area contributed by atoms with Crippen LogP contribution in [-0.4, -0.2) is 89.4 Å². The van der Waals surface area contributed by atoms with Crippen LogP contribution in [0.25, 0.3) is 0 Å². The molecule has 7 N–H and O–H groups in total. The van der Waals surface area contributed by atoms with E-state index < -0.39 is 41.4 Å². The highest BCUT2D eigenvalue weighted by atomic mass is 16.5. The molecule has 10 heteroatoms. The molecule has 0 rings (SSSR count). The van der Waals surface area contributed by atoms with Crippen molar-refractivity contribution in [2.75, 3.05) is 0 Å². The molecular weight excluding hydrogens is 845 g/mol. The van der Waals surface area contributed by atoms with Crippen molar-refractivity contribution in [2.24, 2.45) is 0 Å². The fourth-order valence-electron chi connectivity index (χ4n) is 8.40. The maximum Gasteiger partial charge on any atom is 0.214 e. The zero-order valence-electron chi connectivity index (χ0n) is 42.7. The maximum absolute atomic E-state index is 13.6. The number of aliphatic hydroxyl groups excluding tert-OH is 5. The Bertz CT molecular complexity index is 1290. The molecule has 0 aliphatic carbocycles. The number of Topliss-reactive ketones (excluding diaryl/α,β-unsaturated/α-hetero) is 2. The van der Waals surface area contributed by atoms with Gasteiger partial charge in [0, 0.05) is 12.8 Å². The van der Waals surface area contributed by atoms with Gasteiger partial charge in [-0.2, -0.15) is 0 Å². The minimum atomic E-state index is -2.95. The number of allylic oxidation sites excluding steroid dienone is 5. The molecule has 3 unspecified atom stereocenters. The Hall–Kier alpha value is -2.31. The van der Waals surface area contributed by atoms with Crippen LogP contribution in [0.15, 0.2) is 48.6 Å². The second-order valence-electron chi connectivity index (χ2n) is 19.3. The summed E-state index contributed by atoms with van der Waals surface area (Å²) in [6, 6.07) is 0. The average Bonchev–Trinajstić information content (AvgIpc) is 3.31. The highest BCUT2D eigenvalue weighted by molar-refractivity contribution is 6.15. The number of ketones is 3. The van der Waals surface area contributed by atoms with Gasteiger partial charge in [-0.05, 0) is 96.0 Å². The minimum absolute atomic E-state index is 0.0430. The third kappa shape index (κ3) is 37.2. The number of rotatable bonds is 50. The van der Waals surface area contributed by atoms with Crippen molar-refractivity contribution >= 4 is 17.3 Å². The van der Waals surface area contributed by atoms with E-state index in [-0.39, 0.29) is 25.0 Å². The van der Waals surface area contributed by atoms with Crippen molar-refractivity contribution in [3.8, 4) is 0 Å². The van der Waals surface area contributed by atoms with Crippen LogP contribution in [0.2, 0.25) is 0 Å². The van der Waals surface area contributed by atoms with Crippen molar-refractivity contribution < 1.29 is 50.1 Å². The van der Waals surface area contributed by atoms with E-state index in [9.17, 15) is 39.9 Å². The molecule has 0 heterocycles.